The molecule has 0 aliphatic carbocycles. The summed E-state index contributed by atoms with van der Waals surface area (Å²) in [6.07, 6.45) is 0. The molecule has 2 aromatic carbocycles. The summed E-state index contributed by atoms with van der Waals surface area (Å²) in [5, 5.41) is 15.1. The van der Waals surface area contributed by atoms with E-state index in [1.54, 1.807) is 59.9 Å². The van der Waals surface area contributed by atoms with E-state index < -0.39 is 0 Å². The van der Waals surface area contributed by atoms with E-state index in [-0.39, 0.29) is 17.6 Å². The minimum Gasteiger partial charge on any atom is -0.494 e. The number of aromatic amines is 1. The molecule has 3 N–H and O–H groups in total. The van der Waals surface area contributed by atoms with Crippen LogP contribution in [0.15, 0.2) is 71.2 Å². The highest BCUT2D eigenvalue weighted by atomic mass is 32.2. The fourth-order valence-electron chi connectivity index (χ4n) is 2.87. The molecule has 8 nitrogen and oxygen atoms in total. The fraction of sp³-hybridized carbons (Fsp3) is 0.130. The van der Waals surface area contributed by atoms with E-state index >= 15 is 0 Å². The fourth-order valence-corrected chi connectivity index (χ4v) is 4.13. The second kappa shape index (κ2) is 10.8. The SMILES string of the molecule is CCOc1ccc(NC(=O)c2ccc(NC(=O)CSc3n[nH]c(-c4cccs4)n3)cc2)cc1. The second-order valence-electron chi connectivity index (χ2n) is 6.77. The Morgan fingerprint density at radius 3 is 2.45 bits per heavy atom. The molecule has 33 heavy (non-hydrogen) atoms. The van der Waals surface area contributed by atoms with E-state index in [0.717, 1.165) is 10.6 Å². The van der Waals surface area contributed by atoms with Gasteiger partial charge in [-0.05, 0) is 66.9 Å². The van der Waals surface area contributed by atoms with Gasteiger partial charge < -0.3 is 15.4 Å². The molecule has 0 unspecified atom stereocenters. The molecule has 0 radical (unpaired) electrons. The predicted octanol–water partition coefficient (Wildman–Crippen LogP) is 4.92. The molecular weight excluding hydrogens is 458 g/mol. The lowest BCUT2D eigenvalue weighted by Crippen LogP contribution is -2.15. The molecular formula is C23H21N5O3S2. The Hall–Kier alpha value is -3.63. The Kier molecular flexibility index (Phi) is 7.38. The number of H-pyrrole nitrogens is 1. The molecule has 0 bridgehead atoms. The number of aromatic nitrogens is 3. The molecule has 0 aliphatic rings. The third-order valence-corrected chi connectivity index (χ3v) is 6.13. The third-order valence-electron chi connectivity index (χ3n) is 4.41. The van der Waals surface area contributed by atoms with Crippen molar-refractivity contribution in [1.82, 2.24) is 15.2 Å². The van der Waals surface area contributed by atoms with Crippen molar-refractivity contribution in [1.29, 1.82) is 0 Å². The van der Waals surface area contributed by atoms with E-state index in [0.29, 0.717) is 34.5 Å². The maximum atomic E-state index is 12.5. The number of hydrogen-bond donors (Lipinski definition) is 3. The van der Waals surface area contributed by atoms with Gasteiger partial charge in [-0.15, -0.1) is 16.4 Å². The number of hydrogen-bond acceptors (Lipinski definition) is 7. The standard InChI is InChI=1S/C23H21N5O3S2/c1-2-31-18-11-9-17(10-12-18)25-22(30)15-5-7-16(8-6-15)24-20(29)14-33-23-26-21(27-28-23)19-4-3-13-32-19/h3-13H,2,14H2,1H3,(H,24,29)(H,25,30)(H,26,27,28). The van der Waals surface area contributed by atoms with E-state index in [1.165, 1.54) is 11.8 Å². The summed E-state index contributed by atoms with van der Waals surface area (Å²) >= 11 is 2.81. The molecule has 0 fully saturated rings. The van der Waals surface area contributed by atoms with E-state index in [9.17, 15) is 9.59 Å². The van der Waals surface area contributed by atoms with Crippen LogP contribution in [0.5, 0.6) is 5.75 Å². The summed E-state index contributed by atoms with van der Waals surface area (Å²) in [6, 6.07) is 17.8. The minimum atomic E-state index is -0.237. The van der Waals surface area contributed by atoms with Crippen LogP contribution < -0.4 is 15.4 Å². The topological polar surface area (TPSA) is 109 Å². The molecule has 0 saturated heterocycles. The molecule has 2 aromatic heterocycles. The zero-order valence-electron chi connectivity index (χ0n) is 17.7. The van der Waals surface area contributed by atoms with Crippen molar-refractivity contribution < 1.29 is 14.3 Å². The van der Waals surface area contributed by atoms with Gasteiger partial charge in [-0.2, -0.15) is 0 Å². The van der Waals surface area contributed by atoms with Crippen molar-refractivity contribution in [3.05, 3.63) is 71.6 Å². The Morgan fingerprint density at radius 2 is 1.76 bits per heavy atom. The molecule has 2 amide bonds. The maximum absolute atomic E-state index is 12.5. The van der Waals surface area contributed by atoms with Crippen LogP contribution in [0.1, 0.15) is 17.3 Å². The minimum absolute atomic E-state index is 0.168. The summed E-state index contributed by atoms with van der Waals surface area (Å²) in [5.41, 5.74) is 1.76. The van der Waals surface area contributed by atoms with Gasteiger partial charge in [-0.25, -0.2) is 4.98 Å². The molecule has 0 atom stereocenters. The van der Waals surface area contributed by atoms with Crippen LogP contribution in [0.25, 0.3) is 10.7 Å². The normalized spacial score (nSPS) is 10.6. The van der Waals surface area contributed by atoms with E-state index in [4.69, 9.17) is 4.74 Å². The van der Waals surface area contributed by atoms with Crippen LogP contribution in [-0.2, 0) is 4.79 Å². The second-order valence-corrected chi connectivity index (χ2v) is 8.66. The summed E-state index contributed by atoms with van der Waals surface area (Å²) in [7, 11) is 0. The molecule has 10 heteroatoms. The molecule has 0 saturated carbocycles. The van der Waals surface area contributed by atoms with Crippen molar-refractivity contribution in [3.63, 3.8) is 0 Å². The van der Waals surface area contributed by atoms with Crippen molar-refractivity contribution in [2.24, 2.45) is 0 Å². The van der Waals surface area contributed by atoms with Crippen LogP contribution in [0, 0.1) is 0 Å². The number of nitrogens with one attached hydrogen (secondary N) is 3. The highest BCUT2D eigenvalue weighted by Gasteiger charge is 2.11. The largest absolute Gasteiger partial charge is 0.494 e. The monoisotopic (exact) mass is 479 g/mol. The number of carbonyl (C=O) groups is 2. The highest BCUT2D eigenvalue weighted by molar-refractivity contribution is 7.99. The van der Waals surface area contributed by atoms with Crippen molar-refractivity contribution in [3.8, 4) is 16.5 Å². The van der Waals surface area contributed by atoms with Crippen molar-refractivity contribution >= 4 is 46.3 Å². The van der Waals surface area contributed by atoms with Crippen LogP contribution in [0.3, 0.4) is 0 Å². The number of anilines is 2. The molecule has 0 spiro atoms. The molecule has 2 heterocycles. The van der Waals surface area contributed by atoms with Gasteiger partial charge in [0, 0.05) is 16.9 Å². The molecule has 168 valence electrons. The van der Waals surface area contributed by atoms with Gasteiger partial charge in [-0.3, -0.25) is 14.7 Å². The van der Waals surface area contributed by atoms with Crippen molar-refractivity contribution in [2.45, 2.75) is 12.1 Å². The molecule has 4 rings (SSSR count). The Morgan fingerprint density at radius 1 is 1.03 bits per heavy atom. The van der Waals surface area contributed by atoms with Gasteiger partial charge in [0.15, 0.2) is 5.82 Å². The summed E-state index contributed by atoms with van der Waals surface area (Å²) in [6.45, 7) is 2.50. The summed E-state index contributed by atoms with van der Waals surface area (Å²) < 4.78 is 5.40. The Balaban J connectivity index is 1.26. The van der Waals surface area contributed by atoms with Gasteiger partial charge in [0.2, 0.25) is 11.1 Å². The number of thiophene rings is 1. The quantitative estimate of drug-likeness (QED) is 0.294. The van der Waals surface area contributed by atoms with E-state index in [2.05, 4.69) is 25.8 Å². The first kappa shape index (κ1) is 22.6. The summed E-state index contributed by atoms with van der Waals surface area (Å²) in [5.74, 6) is 1.18. The lowest BCUT2D eigenvalue weighted by atomic mass is 10.2. The van der Waals surface area contributed by atoms with Crippen LogP contribution >= 0.6 is 23.1 Å². The van der Waals surface area contributed by atoms with Gasteiger partial charge >= 0.3 is 0 Å². The Labute approximate surface area is 198 Å². The first-order valence-electron chi connectivity index (χ1n) is 10.1. The van der Waals surface area contributed by atoms with Crippen molar-refractivity contribution in [2.75, 3.05) is 23.0 Å². The number of thioether (sulfide) groups is 1. The summed E-state index contributed by atoms with van der Waals surface area (Å²) in [4.78, 5) is 30.1. The van der Waals surface area contributed by atoms with Gasteiger partial charge in [0.05, 0.1) is 17.2 Å². The lowest BCUT2D eigenvalue weighted by molar-refractivity contribution is -0.113. The van der Waals surface area contributed by atoms with Crippen LogP contribution in [-0.4, -0.2) is 39.4 Å². The van der Waals surface area contributed by atoms with E-state index in [1.807, 2.05) is 24.4 Å². The smallest absolute Gasteiger partial charge is 0.255 e. The Bertz CT molecular complexity index is 1210. The molecule has 0 aliphatic heterocycles. The number of amides is 2. The number of benzene rings is 2. The van der Waals surface area contributed by atoms with Gasteiger partial charge in [-0.1, -0.05) is 17.8 Å². The maximum Gasteiger partial charge on any atom is 0.255 e. The van der Waals surface area contributed by atoms with Gasteiger partial charge in [0.1, 0.15) is 5.75 Å². The third kappa shape index (κ3) is 6.21. The first-order chi connectivity index (χ1) is 16.1. The number of ether oxygens (including phenoxy) is 1. The van der Waals surface area contributed by atoms with Crippen LogP contribution in [0.2, 0.25) is 0 Å². The van der Waals surface area contributed by atoms with Gasteiger partial charge in [0.25, 0.3) is 5.91 Å². The number of nitrogens with zero attached hydrogens (tertiary/aromatic N) is 2. The molecule has 4 aromatic rings. The number of rotatable bonds is 9. The first-order valence-corrected chi connectivity index (χ1v) is 12.0. The lowest BCUT2D eigenvalue weighted by Gasteiger charge is -2.08. The zero-order valence-corrected chi connectivity index (χ0v) is 19.3. The average Bonchev–Trinajstić information content (AvgIpc) is 3.52. The number of carbonyl (C=O) groups excluding carboxylic acids is 2. The average molecular weight is 480 g/mol. The zero-order chi connectivity index (χ0) is 23.0. The van der Waals surface area contributed by atoms with Crippen LogP contribution in [0.4, 0.5) is 11.4 Å². The predicted molar refractivity (Wildman–Crippen MR) is 131 cm³/mol. The highest BCUT2D eigenvalue weighted by Crippen LogP contribution is 2.23.